The van der Waals surface area contributed by atoms with E-state index in [1.54, 1.807) is 0 Å². The first-order valence-corrected chi connectivity index (χ1v) is 6.98. The van der Waals surface area contributed by atoms with E-state index in [-0.39, 0.29) is 5.69 Å². The van der Waals surface area contributed by atoms with E-state index in [2.05, 4.69) is 4.98 Å². The molecule has 21 heavy (non-hydrogen) atoms. The van der Waals surface area contributed by atoms with Crippen molar-refractivity contribution in [2.75, 3.05) is 0 Å². The number of hydrogen-bond donors (Lipinski definition) is 1. The van der Waals surface area contributed by atoms with Gasteiger partial charge in [-0.2, -0.15) is 0 Å². The minimum Gasteiger partial charge on any atom is -0.480 e. The molecule has 0 saturated heterocycles. The second-order valence-electron chi connectivity index (χ2n) is 4.24. The van der Waals surface area contributed by atoms with Crippen LogP contribution in [0.4, 0.5) is 5.69 Å². The van der Waals surface area contributed by atoms with E-state index in [1.165, 1.54) is 18.3 Å². The van der Waals surface area contributed by atoms with Crippen molar-refractivity contribution in [1.82, 2.24) is 4.98 Å². The SMILES string of the molecule is O=C(O)C(Cc1ccccc1)Sc1cc([N+](=O)[O-])ccn1. The van der Waals surface area contributed by atoms with E-state index < -0.39 is 16.1 Å². The second-order valence-corrected chi connectivity index (χ2v) is 5.47. The number of hydrogen-bond acceptors (Lipinski definition) is 5. The van der Waals surface area contributed by atoms with Gasteiger partial charge in [-0.3, -0.25) is 14.9 Å². The molecule has 1 N–H and O–H groups in total. The summed E-state index contributed by atoms with van der Waals surface area (Å²) in [6, 6.07) is 11.8. The molecule has 0 saturated carbocycles. The zero-order valence-electron chi connectivity index (χ0n) is 10.9. The maximum absolute atomic E-state index is 11.3. The lowest BCUT2D eigenvalue weighted by Crippen LogP contribution is -2.19. The summed E-state index contributed by atoms with van der Waals surface area (Å²) in [6.45, 7) is 0. The highest BCUT2D eigenvalue weighted by Crippen LogP contribution is 2.26. The summed E-state index contributed by atoms with van der Waals surface area (Å²) in [5.41, 5.74) is 0.791. The van der Waals surface area contributed by atoms with Crippen LogP contribution >= 0.6 is 11.8 Å². The van der Waals surface area contributed by atoms with Crippen molar-refractivity contribution >= 4 is 23.4 Å². The van der Waals surface area contributed by atoms with E-state index in [1.807, 2.05) is 30.3 Å². The van der Waals surface area contributed by atoms with Gasteiger partial charge in [0.05, 0.1) is 4.92 Å². The first kappa shape index (κ1) is 15.0. The van der Waals surface area contributed by atoms with Crippen molar-refractivity contribution in [3.63, 3.8) is 0 Å². The van der Waals surface area contributed by atoms with Gasteiger partial charge in [0, 0.05) is 18.3 Å². The van der Waals surface area contributed by atoms with Crippen LogP contribution in [0.1, 0.15) is 5.56 Å². The van der Waals surface area contributed by atoms with Crippen molar-refractivity contribution in [1.29, 1.82) is 0 Å². The Morgan fingerprint density at radius 1 is 1.33 bits per heavy atom. The van der Waals surface area contributed by atoms with E-state index in [0.29, 0.717) is 11.4 Å². The molecule has 0 aliphatic heterocycles. The fourth-order valence-corrected chi connectivity index (χ4v) is 2.71. The highest BCUT2D eigenvalue weighted by molar-refractivity contribution is 8.00. The molecule has 1 aromatic heterocycles. The highest BCUT2D eigenvalue weighted by atomic mass is 32.2. The molecule has 0 radical (unpaired) electrons. The summed E-state index contributed by atoms with van der Waals surface area (Å²) >= 11 is 1.01. The second kappa shape index (κ2) is 6.85. The molecule has 0 spiro atoms. The average Bonchev–Trinajstić information content (AvgIpc) is 2.48. The van der Waals surface area contributed by atoms with Gasteiger partial charge < -0.3 is 5.11 Å². The van der Waals surface area contributed by atoms with Gasteiger partial charge in [0.2, 0.25) is 0 Å². The van der Waals surface area contributed by atoms with Crippen LogP contribution in [0, 0.1) is 10.1 Å². The monoisotopic (exact) mass is 304 g/mol. The number of carboxylic acid groups (broad SMARTS) is 1. The summed E-state index contributed by atoms with van der Waals surface area (Å²) in [4.78, 5) is 25.5. The molecular formula is C14H12N2O4S. The number of aromatic nitrogens is 1. The van der Waals surface area contributed by atoms with Crippen molar-refractivity contribution in [2.45, 2.75) is 16.7 Å². The zero-order valence-corrected chi connectivity index (χ0v) is 11.7. The zero-order chi connectivity index (χ0) is 15.2. The van der Waals surface area contributed by atoms with Crippen LogP contribution in [0.3, 0.4) is 0 Å². The third-order valence-corrected chi connectivity index (χ3v) is 3.85. The summed E-state index contributed by atoms with van der Waals surface area (Å²) < 4.78 is 0. The smallest absolute Gasteiger partial charge is 0.317 e. The van der Waals surface area contributed by atoms with Gasteiger partial charge in [0.25, 0.3) is 5.69 Å². The summed E-state index contributed by atoms with van der Waals surface area (Å²) in [5.74, 6) is -0.975. The molecular weight excluding hydrogens is 292 g/mol. The largest absolute Gasteiger partial charge is 0.480 e. The van der Waals surface area contributed by atoms with Crippen LogP contribution in [0.5, 0.6) is 0 Å². The van der Waals surface area contributed by atoms with Gasteiger partial charge in [-0.05, 0) is 12.0 Å². The molecule has 7 heteroatoms. The number of aliphatic carboxylic acids is 1. The lowest BCUT2D eigenvalue weighted by atomic mass is 10.1. The number of carboxylic acids is 1. The topological polar surface area (TPSA) is 93.3 Å². The van der Waals surface area contributed by atoms with E-state index in [0.717, 1.165) is 17.3 Å². The first-order chi connectivity index (χ1) is 10.1. The molecule has 1 unspecified atom stereocenters. The van der Waals surface area contributed by atoms with Crippen molar-refractivity contribution in [3.05, 3.63) is 64.3 Å². The molecule has 0 aliphatic rings. The van der Waals surface area contributed by atoms with Crippen LogP contribution in [-0.2, 0) is 11.2 Å². The fourth-order valence-electron chi connectivity index (χ4n) is 1.73. The van der Waals surface area contributed by atoms with E-state index >= 15 is 0 Å². The van der Waals surface area contributed by atoms with Crippen LogP contribution in [0.15, 0.2) is 53.7 Å². The molecule has 1 aromatic carbocycles. The Morgan fingerprint density at radius 3 is 2.67 bits per heavy atom. The number of pyridine rings is 1. The number of benzene rings is 1. The molecule has 1 heterocycles. The fraction of sp³-hybridized carbons (Fsp3) is 0.143. The Balaban J connectivity index is 2.15. The molecule has 1 atom stereocenters. The Kier molecular flexibility index (Phi) is 4.89. The quantitative estimate of drug-likeness (QED) is 0.501. The molecule has 2 aromatic rings. The molecule has 2 rings (SSSR count). The maximum Gasteiger partial charge on any atom is 0.317 e. The highest BCUT2D eigenvalue weighted by Gasteiger charge is 2.21. The van der Waals surface area contributed by atoms with Gasteiger partial charge in [-0.15, -0.1) is 0 Å². The predicted octanol–water partition coefficient (Wildman–Crippen LogP) is 2.78. The first-order valence-electron chi connectivity index (χ1n) is 6.10. The van der Waals surface area contributed by atoms with Gasteiger partial charge >= 0.3 is 5.97 Å². The molecule has 0 fully saturated rings. The normalized spacial score (nSPS) is 11.8. The third-order valence-electron chi connectivity index (χ3n) is 2.73. The summed E-state index contributed by atoms with van der Waals surface area (Å²) in [6.07, 6.45) is 1.63. The van der Waals surface area contributed by atoms with Crippen molar-refractivity contribution < 1.29 is 14.8 Å². The molecule has 6 nitrogen and oxygen atoms in total. The van der Waals surface area contributed by atoms with Gasteiger partial charge in [0.1, 0.15) is 10.3 Å². The number of thioether (sulfide) groups is 1. The summed E-state index contributed by atoms with van der Waals surface area (Å²) in [7, 11) is 0. The van der Waals surface area contributed by atoms with Crippen molar-refractivity contribution in [3.8, 4) is 0 Å². The Morgan fingerprint density at radius 2 is 2.05 bits per heavy atom. The molecule has 0 amide bonds. The number of nitrogens with zero attached hydrogens (tertiary/aromatic N) is 2. The van der Waals surface area contributed by atoms with Crippen LogP contribution < -0.4 is 0 Å². The van der Waals surface area contributed by atoms with Crippen LogP contribution in [0.2, 0.25) is 0 Å². The maximum atomic E-state index is 11.3. The van der Waals surface area contributed by atoms with Gasteiger partial charge in [-0.25, -0.2) is 4.98 Å². The van der Waals surface area contributed by atoms with Crippen LogP contribution in [-0.4, -0.2) is 26.2 Å². The minimum absolute atomic E-state index is 0.101. The summed E-state index contributed by atoms with van der Waals surface area (Å²) in [5, 5.41) is 19.6. The lowest BCUT2D eigenvalue weighted by Gasteiger charge is -2.11. The standard InChI is InChI=1S/C14H12N2O4S/c17-14(18)12(8-10-4-2-1-3-5-10)21-13-9-11(16(19)20)6-7-15-13/h1-7,9,12H,8H2,(H,17,18). The molecule has 108 valence electrons. The average molecular weight is 304 g/mol. The predicted molar refractivity (Wildman–Crippen MR) is 78.3 cm³/mol. The minimum atomic E-state index is -0.975. The number of rotatable bonds is 6. The lowest BCUT2D eigenvalue weighted by molar-refractivity contribution is -0.385. The van der Waals surface area contributed by atoms with E-state index in [4.69, 9.17) is 0 Å². The van der Waals surface area contributed by atoms with Gasteiger partial charge in [-0.1, -0.05) is 42.1 Å². The van der Waals surface area contributed by atoms with Crippen molar-refractivity contribution in [2.24, 2.45) is 0 Å². The Labute approximate surface area is 125 Å². The third kappa shape index (κ3) is 4.28. The number of nitro groups is 1. The van der Waals surface area contributed by atoms with E-state index in [9.17, 15) is 20.0 Å². The molecule has 0 aliphatic carbocycles. The van der Waals surface area contributed by atoms with Crippen LogP contribution in [0.25, 0.3) is 0 Å². The van der Waals surface area contributed by atoms with Gasteiger partial charge in [0.15, 0.2) is 0 Å². The Bertz CT molecular complexity index is 648. The molecule has 0 bridgehead atoms. The number of carbonyl (C=O) groups is 1. The Hall–Kier alpha value is -2.41.